The van der Waals surface area contributed by atoms with E-state index in [1.54, 1.807) is 0 Å². The molecule has 50 heavy (non-hydrogen) atoms. The fourth-order valence-corrected chi connectivity index (χ4v) is 6.50. The maximum atomic E-state index is 12.6. The smallest absolute Gasteiger partial charge is 0.306 e. The fraction of sp³-hybridized carbons (Fsp3) is 0.932. The first-order valence-corrected chi connectivity index (χ1v) is 22.0. The third kappa shape index (κ3) is 37.7. The molecule has 0 heterocycles. The first kappa shape index (κ1) is 48.4. The number of carbonyl (C=O) groups excluding carboxylic acids is 3. The van der Waals surface area contributed by atoms with Crippen molar-refractivity contribution < 1.29 is 28.6 Å². The van der Waals surface area contributed by atoms with Crippen LogP contribution in [0.4, 0.5) is 0 Å². The maximum absolute atomic E-state index is 12.6. The molecule has 0 radical (unpaired) electrons. The molecule has 0 unspecified atom stereocenters. The van der Waals surface area contributed by atoms with Crippen LogP contribution in [0.1, 0.15) is 245 Å². The van der Waals surface area contributed by atoms with Gasteiger partial charge in [-0.2, -0.15) is 0 Å². The molecule has 0 aliphatic carbocycles. The van der Waals surface area contributed by atoms with E-state index in [9.17, 15) is 14.4 Å². The van der Waals surface area contributed by atoms with Crippen LogP contribution in [0.2, 0.25) is 0 Å². The minimum Gasteiger partial charge on any atom is -0.462 e. The quantitative estimate of drug-likeness (QED) is 0.0358. The molecule has 6 heteroatoms. The van der Waals surface area contributed by atoms with Crippen molar-refractivity contribution in [1.29, 1.82) is 0 Å². The molecule has 0 spiro atoms. The van der Waals surface area contributed by atoms with E-state index in [4.69, 9.17) is 14.2 Å². The lowest BCUT2D eigenvalue weighted by atomic mass is 10.0. The molecule has 0 rings (SSSR count). The van der Waals surface area contributed by atoms with E-state index in [-0.39, 0.29) is 31.1 Å². The highest BCUT2D eigenvalue weighted by molar-refractivity contribution is 5.71. The lowest BCUT2D eigenvalue weighted by Crippen LogP contribution is -2.30. The second-order valence-electron chi connectivity index (χ2n) is 15.0. The second kappa shape index (κ2) is 40.2. The number of carbonyl (C=O) groups is 3. The summed E-state index contributed by atoms with van der Waals surface area (Å²) in [5.41, 5.74) is 0. The van der Waals surface area contributed by atoms with Crippen molar-refractivity contribution in [2.24, 2.45) is 0 Å². The third-order valence-electron chi connectivity index (χ3n) is 9.86. The topological polar surface area (TPSA) is 78.9 Å². The summed E-state index contributed by atoms with van der Waals surface area (Å²) < 4.78 is 16.6. The summed E-state index contributed by atoms with van der Waals surface area (Å²) in [5.74, 6) is -0.861. The van der Waals surface area contributed by atoms with Crippen LogP contribution in [0.3, 0.4) is 0 Å². The molecule has 0 aromatic carbocycles. The standard InChI is InChI=1S/C44H84O6/c1-4-7-10-13-16-18-20-21-22-24-26-29-31-34-37-43(46)49-40-41(50-44(47)38-35-32-27-15-12-9-6-3)39-48-42(45)36-33-30-28-25-23-19-17-14-11-8-5-2/h41H,4-40H2,1-3H3/t41-/m1/s1. The summed E-state index contributed by atoms with van der Waals surface area (Å²) in [6.07, 6.45) is 39.5. The van der Waals surface area contributed by atoms with Crippen LogP contribution in [0.5, 0.6) is 0 Å². The van der Waals surface area contributed by atoms with E-state index in [2.05, 4.69) is 20.8 Å². The fourth-order valence-electron chi connectivity index (χ4n) is 6.50. The highest BCUT2D eigenvalue weighted by Crippen LogP contribution is 2.15. The van der Waals surface area contributed by atoms with Crippen LogP contribution in [-0.2, 0) is 28.6 Å². The van der Waals surface area contributed by atoms with Crippen LogP contribution < -0.4 is 0 Å². The first-order chi connectivity index (χ1) is 24.5. The SMILES string of the molecule is CCCCCCCCCCCCCCCCC(=O)OC[C@@H](COC(=O)CCCCCCCCCCCCC)OC(=O)CCCCCCCCC. The zero-order valence-corrected chi connectivity index (χ0v) is 33.7. The summed E-state index contributed by atoms with van der Waals surface area (Å²) in [7, 11) is 0. The molecule has 0 aliphatic rings. The second-order valence-corrected chi connectivity index (χ2v) is 15.0. The minimum atomic E-state index is -0.756. The monoisotopic (exact) mass is 709 g/mol. The van der Waals surface area contributed by atoms with E-state index >= 15 is 0 Å². The number of unbranched alkanes of at least 4 members (excludes halogenated alkanes) is 29. The van der Waals surface area contributed by atoms with Gasteiger partial charge in [0, 0.05) is 19.3 Å². The van der Waals surface area contributed by atoms with Crippen LogP contribution in [0.15, 0.2) is 0 Å². The predicted octanol–water partition coefficient (Wildman–Crippen LogP) is 13.7. The minimum absolute atomic E-state index is 0.0636. The molecule has 6 nitrogen and oxygen atoms in total. The van der Waals surface area contributed by atoms with Gasteiger partial charge in [-0.25, -0.2) is 0 Å². The molecule has 0 amide bonds. The van der Waals surface area contributed by atoms with Crippen molar-refractivity contribution >= 4 is 17.9 Å². The van der Waals surface area contributed by atoms with E-state index in [0.717, 1.165) is 57.8 Å². The van der Waals surface area contributed by atoms with Gasteiger partial charge in [0.1, 0.15) is 13.2 Å². The van der Waals surface area contributed by atoms with Gasteiger partial charge in [-0.3, -0.25) is 14.4 Å². The summed E-state index contributed by atoms with van der Waals surface area (Å²) in [6, 6.07) is 0. The lowest BCUT2D eigenvalue weighted by molar-refractivity contribution is -0.167. The molecule has 0 N–H and O–H groups in total. The molecule has 296 valence electrons. The number of esters is 3. The number of hydrogen-bond donors (Lipinski definition) is 0. The average Bonchev–Trinajstić information content (AvgIpc) is 3.11. The van der Waals surface area contributed by atoms with Crippen molar-refractivity contribution in [3.8, 4) is 0 Å². The van der Waals surface area contributed by atoms with Crippen LogP contribution in [-0.4, -0.2) is 37.2 Å². The van der Waals surface area contributed by atoms with Crippen LogP contribution >= 0.6 is 0 Å². The molecular weight excluding hydrogens is 624 g/mol. The van der Waals surface area contributed by atoms with E-state index < -0.39 is 6.10 Å². The van der Waals surface area contributed by atoms with Gasteiger partial charge in [0.15, 0.2) is 6.10 Å². The summed E-state index contributed by atoms with van der Waals surface area (Å²) >= 11 is 0. The molecule has 0 bridgehead atoms. The zero-order valence-electron chi connectivity index (χ0n) is 33.7. The van der Waals surface area contributed by atoms with Crippen molar-refractivity contribution in [2.45, 2.75) is 252 Å². The highest BCUT2D eigenvalue weighted by atomic mass is 16.6. The Kier molecular flexibility index (Phi) is 38.9. The molecule has 0 aromatic heterocycles. The van der Waals surface area contributed by atoms with E-state index in [1.165, 1.54) is 148 Å². The molecule has 0 saturated carbocycles. The largest absolute Gasteiger partial charge is 0.462 e. The Bertz CT molecular complexity index is 738. The Morgan fingerprint density at radius 2 is 0.540 bits per heavy atom. The number of rotatable bonds is 40. The Hall–Kier alpha value is -1.59. The predicted molar refractivity (Wildman–Crippen MR) is 210 cm³/mol. The van der Waals surface area contributed by atoms with Gasteiger partial charge in [0.05, 0.1) is 0 Å². The molecular formula is C44H84O6. The Morgan fingerprint density at radius 3 is 0.800 bits per heavy atom. The van der Waals surface area contributed by atoms with Gasteiger partial charge in [0.2, 0.25) is 0 Å². The number of hydrogen-bond acceptors (Lipinski definition) is 6. The van der Waals surface area contributed by atoms with Gasteiger partial charge in [-0.05, 0) is 19.3 Å². The van der Waals surface area contributed by atoms with Crippen molar-refractivity contribution in [2.75, 3.05) is 13.2 Å². The van der Waals surface area contributed by atoms with Gasteiger partial charge < -0.3 is 14.2 Å². The lowest BCUT2D eigenvalue weighted by Gasteiger charge is -2.18. The summed E-state index contributed by atoms with van der Waals surface area (Å²) in [6.45, 7) is 6.60. The Labute approximate surface area is 310 Å². The summed E-state index contributed by atoms with van der Waals surface area (Å²) in [4.78, 5) is 37.5. The average molecular weight is 709 g/mol. The van der Waals surface area contributed by atoms with Gasteiger partial charge in [-0.1, -0.05) is 207 Å². The number of ether oxygens (including phenoxy) is 3. The third-order valence-corrected chi connectivity index (χ3v) is 9.86. The molecule has 0 fully saturated rings. The summed E-state index contributed by atoms with van der Waals surface area (Å²) in [5, 5.41) is 0. The van der Waals surface area contributed by atoms with Gasteiger partial charge in [0.25, 0.3) is 0 Å². The maximum Gasteiger partial charge on any atom is 0.306 e. The van der Waals surface area contributed by atoms with Gasteiger partial charge in [-0.15, -0.1) is 0 Å². The van der Waals surface area contributed by atoms with Gasteiger partial charge >= 0.3 is 17.9 Å². The normalized spacial score (nSPS) is 11.8. The van der Waals surface area contributed by atoms with Crippen molar-refractivity contribution in [3.05, 3.63) is 0 Å². The highest BCUT2D eigenvalue weighted by Gasteiger charge is 2.19. The van der Waals surface area contributed by atoms with Crippen molar-refractivity contribution in [3.63, 3.8) is 0 Å². The molecule has 0 saturated heterocycles. The van der Waals surface area contributed by atoms with Crippen molar-refractivity contribution in [1.82, 2.24) is 0 Å². The molecule has 0 aromatic rings. The Balaban J connectivity index is 4.23. The molecule has 1 atom stereocenters. The first-order valence-electron chi connectivity index (χ1n) is 22.0. The van der Waals surface area contributed by atoms with Crippen LogP contribution in [0, 0.1) is 0 Å². The zero-order chi connectivity index (χ0) is 36.6. The van der Waals surface area contributed by atoms with Crippen LogP contribution in [0.25, 0.3) is 0 Å². The Morgan fingerprint density at radius 1 is 0.320 bits per heavy atom. The van der Waals surface area contributed by atoms with E-state index in [0.29, 0.717) is 19.3 Å². The molecule has 0 aliphatic heterocycles. The van der Waals surface area contributed by atoms with E-state index in [1.807, 2.05) is 0 Å².